The Morgan fingerprint density at radius 1 is 1.05 bits per heavy atom. The van der Waals surface area contributed by atoms with Gasteiger partial charge in [-0.25, -0.2) is 4.98 Å². The molecule has 0 radical (unpaired) electrons. The van der Waals surface area contributed by atoms with E-state index in [2.05, 4.69) is 83.5 Å². The Labute approximate surface area is 231 Å². The minimum Gasteiger partial charge on any atom is -0.473 e. The summed E-state index contributed by atoms with van der Waals surface area (Å²) in [4.78, 5) is 23.8. The number of ether oxygens (including phenoxy) is 1. The van der Waals surface area contributed by atoms with E-state index in [4.69, 9.17) is 9.26 Å². The summed E-state index contributed by atoms with van der Waals surface area (Å²) in [6.45, 7) is 6.79. The molecule has 0 saturated carbocycles. The molecule has 2 aliphatic rings. The van der Waals surface area contributed by atoms with Gasteiger partial charge in [-0.1, -0.05) is 36.1 Å². The van der Waals surface area contributed by atoms with Gasteiger partial charge < -0.3 is 19.1 Å². The van der Waals surface area contributed by atoms with E-state index >= 15 is 0 Å². The number of aromatic nitrogens is 2. The van der Waals surface area contributed by atoms with Gasteiger partial charge in [0.25, 0.3) is 5.56 Å². The lowest BCUT2D eigenvalue weighted by molar-refractivity contribution is 0.0342. The van der Waals surface area contributed by atoms with Crippen LogP contribution in [0, 0.1) is 29.1 Å². The number of H-pyrrole nitrogens is 1. The molecule has 200 valence electrons. The lowest BCUT2D eigenvalue weighted by Gasteiger charge is -2.37. The number of hydrogen-bond donors (Lipinski definition) is 1. The first-order valence-electron chi connectivity index (χ1n) is 13.2. The number of benzene rings is 2. The molecule has 2 aliphatic heterocycles. The average molecular weight is 542 g/mol. The maximum absolute atomic E-state index is 12.2. The first-order valence-corrected chi connectivity index (χ1v) is 13.6. The van der Waals surface area contributed by atoms with Crippen molar-refractivity contribution in [2.45, 2.75) is 18.9 Å². The van der Waals surface area contributed by atoms with Crippen molar-refractivity contribution in [2.75, 3.05) is 45.9 Å². The third-order valence-corrected chi connectivity index (χ3v) is 7.49. The van der Waals surface area contributed by atoms with Crippen LogP contribution in [-0.2, 0) is 17.7 Å². The molecule has 2 unspecified atom stereocenters. The normalized spacial score (nSPS) is 16.9. The van der Waals surface area contributed by atoms with Crippen molar-refractivity contribution in [1.82, 2.24) is 19.8 Å². The molecule has 2 saturated heterocycles. The molecule has 5 rings (SSSR count). The second kappa shape index (κ2) is 13.0. The zero-order valence-corrected chi connectivity index (χ0v) is 23.0. The molecular weight excluding hydrogens is 509 g/mol. The molecular formula is C30H32N5O3P. The molecule has 0 spiro atoms. The largest absolute Gasteiger partial charge is 0.473 e. The summed E-state index contributed by atoms with van der Waals surface area (Å²) in [6, 6.07) is 19.0. The van der Waals surface area contributed by atoms with Gasteiger partial charge in [0.05, 0.1) is 46.7 Å². The van der Waals surface area contributed by atoms with Crippen molar-refractivity contribution < 1.29 is 9.26 Å². The highest BCUT2D eigenvalue weighted by molar-refractivity contribution is 7.10. The van der Waals surface area contributed by atoms with Crippen LogP contribution in [0.4, 0.5) is 0 Å². The molecule has 3 aromatic rings. The summed E-state index contributed by atoms with van der Waals surface area (Å²) in [7, 11) is 2.13. The Hall–Kier alpha value is -3.52. The van der Waals surface area contributed by atoms with E-state index < -0.39 is 0 Å². The topological polar surface area (TPSA) is 94.5 Å². The zero-order valence-electron chi connectivity index (χ0n) is 21.8. The van der Waals surface area contributed by atoms with Crippen LogP contribution in [0.2, 0.25) is 0 Å². The second-order valence-electron chi connectivity index (χ2n) is 10.0. The van der Waals surface area contributed by atoms with Crippen LogP contribution in [0.15, 0.2) is 59.7 Å². The van der Waals surface area contributed by atoms with Gasteiger partial charge in [0.1, 0.15) is 0 Å². The fraction of sp³-hybridized carbons (Fsp3) is 0.367. The Kier molecular flexibility index (Phi) is 9.04. The van der Waals surface area contributed by atoms with Gasteiger partial charge in [0.15, 0.2) is 0 Å². The number of aromatic amines is 1. The molecule has 0 aliphatic carbocycles. The average Bonchev–Trinajstić information content (AvgIpc) is 2.95. The molecule has 8 nitrogen and oxygen atoms in total. The van der Waals surface area contributed by atoms with Crippen LogP contribution in [0.3, 0.4) is 0 Å². The Bertz CT molecular complexity index is 1410. The zero-order chi connectivity index (χ0) is 27.0. The van der Waals surface area contributed by atoms with E-state index in [9.17, 15) is 10.1 Å². The SMILES string of the molecule is N#CC1CN(CC(Cc2nc[nH]c(=O)c2OP)c2ccc(C#Cc3ccc(CN4CCOCC4)cc3)cc2)C1. The Balaban J connectivity index is 1.27. The number of hydrogen-bond acceptors (Lipinski definition) is 7. The number of nitriles is 1. The van der Waals surface area contributed by atoms with Crippen LogP contribution in [-0.4, -0.2) is 65.7 Å². The summed E-state index contributed by atoms with van der Waals surface area (Å²) in [6.07, 6.45) is 1.95. The van der Waals surface area contributed by atoms with Gasteiger partial charge in [-0.05, 0) is 35.4 Å². The van der Waals surface area contributed by atoms with Gasteiger partial charge in [0, 0.05) is 62.7 Å². The van der Waals surface area contributed by atoms with Crippen LogP contribution in [0.1, 0.15) is 33.9 Å². The molecule has 2 fully saturated rings. The fourth-order valence-corrected chi connectivity index (χ4v) is 5.26. The molecule has 1 aromatic heterocycles. The molecule has 2 aromatic carbocycles. The maximum atomic E-state index is 12.2. The van der Waals surface area contributed by atoms with Crippen LogP contribution < -0.4 is 10.1 Å². The number of nitrogens with zero attached hydrogens (tertiary/aromatic N) is 4. The standard InChI is InChI=1S/C30H32N5O3P/c31-16-25-18-35(19-25)20-27(15-28-29(38-39)30(36)33-21-32-28)26-9-7-23(8-10-26)2-1-22-3-5-24(6-4-22)17-34-11-13-37-14-12-34/h3-10,21,25,27H,11-15,17-20,39H2,(H,32,33,36). The van der Waals surface area contributed by atoms with Crippen molar-refractivity contribution in [1.29, 1.82) is 5.26 Å². The molecule has 2 atom stereocenters. The highest BCUT2D eigenvalue weighted by Gasteiger charge is 2.29. The number of morpholine rings is 1. The highest BCUT2D eigenvalue weighted by atomic mass is 31.0. The predicted molar refractivity (Wildman–Crippen MR) is 152 cm³/mol. The van der Waals surface area contributed by atoms with Crippen molar-refractivity contribution in [3.8, 4) is 23.7 Å². The minimum atomic E-state index is -0.304. The molecule has 0 bridgehead atoms. The van der Waals surface area contributed by atoms with Gasteiger partial charge >= 0.3 is 0 Å². The molecule has 1 N–H and O–H groups in total. The Morgan fingerprint density at radius 2 is 1.72 bits per heavy atom. The number of rotatable bonds is 8. The Morgan fingerprint density at radius 3 is 2.36 bits per heavy atom. The summed E-state index contributed by atoms with van der Waals surface area (Å²) >= 11 is 0. The molecule has 39 heavy (non-hydrogen) atoms. The first kappa shape index (κ1) is 27.1. The summed E-state index contributed by atoms with van der Waals surface area (Å²) < 4.78 is 10.7. The minimum absolute atomic E-state index is 0.0823. The quantitative estimate of drug-likeness (QED) is 0.346. The van der Waals surface area contributed by atoms with Crippen LogP contribution in [0.5, 0.6) is 5.75 Å². The predicted octanol–water partition coefficient (Wildman–Crippen LogP) is 2.95. The maximum Gasteiger partial charge on any atom is 0.293 e. The van der Waals surface area contributed by atoms with Crippen LogP contribution >= 0.6 is 9.47 Å². The van der Waals surface area contributed by atoms with E-state index in [0.29, 0.717) is 12.1 Å². The summed E-state index contributed by atoms with van der Waals surface area (Å²) in [5.74, 6) is 6.93. The number of nitrogens with one attached hydrogen (secondary N) is 1. The fourth-order valence-electron chi connectivity index (χ4n) is 5.02. The second-order valence-corrected chi connectivity index (χ2v) is 10.3. The van der Waals surface area contributed by atoms with Crippen molar-refractivity contribution in [2.24, 2.45) is 5.92 Å². The monoisotopic (exact) mass is 541 g/mol. The molecule has 0 amide bonds. The summed E-state index contributed by atoms with van der Waals surface area (Å²) in [5.41, 5.74) is 4.64. The molecule has 3 heterocycles. The lowest BCUT2D eigenvalue weighted by Crippen LogP contribution is -2.47. The van der Waals surface area contributed by atoms with E-state index in [1.165, 1.54) is 11.9 Å². The van der Waals surface area contributed by atoms with Gasteiger partial charge in [-0.15, -0.1) is 0 Å². The van der Waals surface area contributed by atoms with Gasteiger partial charge in [0.2, 0.25) is 5.75 Å². The third-order valence-electron chi connectivity index (χ3n) is 7.26. The van der Waals surface area contributed by atoms with E-state index in [-0.39, 0.29) is 23.1 Å². The highest BCUT2D eigenvalue weighted by Crippen LogP contribution is 2.28. The van der Waals surface area contributed by atoms with Crippen molar-refractivity contribution >= 4 is 9.47 Å². The van der Waals surface area contributed by atoms with Crippen molar-refractivity contribution in [3.63, 3.8) is 0 Å². The van der Waals surface area contributed by atoms with Gasteiger partial charge in [-0.3, -0.25) is 9.69 Å². The third kappa shape index (κ3) is 7.12. The van der Waals surface area contributed by atoms with E-state index in [0.717, 1.165) is 69.2 Å². The number of likely N-dealkylation sites (tertiary alicyclic amines) is 1. The molecule has 9 heteroatoms. The lowest BCUT2D eigenvalue weighted by atomic mass is 9.90. The van der Waals surface area contributed by atoms with E-state index in [1.54, 1.807) is 0 Å². The van der Waals surface area contributed by atoms with E-state index in [1.807, 2.05) is 12.1 Å². The summed E-state index contributed by atoms with van der Waals surface area (Å²) in [5, 5.41) is 9.17. The van der Waals surface area contributed by atoms with Crippen LogP contribution in [0.25, 0.3) is 0 Å². The van der Waals surface area contributed by atoms with Gasteiger partial charge in [-0.2, -0.15) is 5.26 Å². The van der Waals surface area contributed by atoms with Crippen molar-refractivity contribution in [3.05, 3.63) is 93.2 Å². The smallest absolute Gasteiger partial charge is 0.293 e. The first-order chi connectivity index (χ1) is 19.1.